The number of rotatable bonds is 6. The van der Waals surface area contributed by atoms with E-state index in [2.05, 4.69) is 9.98 Å². The molecular formula is C24H24N2O2. The number of benzene rings is 3. The molecule has 0 aliphatic heterocycles. The third kappa shape index (κ3) is 4.86. The molecule has 142 valence electrons. The highest BCUT2D eigenvalue weighted by Crippen LogP contribution is 2.24. The normalized spacial score (nSPS) is 11.3. The number of nitrogens with zero attached hydrogens (tertiary/aromatic N) is 2. The summed E-state index contributed by atoms with van der Waals surface area (Å²) in [6.07, 6.45) is 3.73. The van der Waals surface area contributed by atoms with Crippen LogP contribution >= 0.6 is 0 Å². The van der Waals surface area contributed by atoms with Gasteiger partial charge in [0.25, 0.3) is 0 Å². The van der Waals surface area contributed by atoms with Crippen molar-refractivity contribution in [2.24, 2.45) is 9.98 Å². The van der Waals surface area contributed by atoms with Crippen molar-refractivity contribution in [3.05, 3.63) is 82.9 Å². The summed E-state index contributed by atoms with van der Waals surface area (Å²) in [7, 11) is 3.33. The molecule has 0 aliphatic rings. The maximum atomic E-state index is 5.23. The van der Waals surface area contributed by atoms with Gasteiger partial charge < -0.3 is 9.47 Å². The maximum absolute atomic E-state index is 5.23. The largest absolute Gasteiger partial charge is 0.497 e. The summed E-state index contributed by atoms with van der Waals surface area (Å²) in [4.78, 5) is 9.15. The predicted octanol–water partition coefficient (Wildman–Crippen LogP) is 5.82. The van der Waals surface area contributed by atoms with Crippen LogP contribution in [0.1, 0.15) is 22.3 Å². The van der Waals surface area contributed by atoms with Gasteiger partial charge in [0, 0.05) is 12.4 Å². The van der Waals surface area contributed by atoms with E-state index in [9.17, 15) is 0 Å². The van der Waals surface area contributed by atoms with E-state index in [0.717, 1.165) is 45.1 Å². The molecule has 0 bridgehead atoms. The fraction of sp³-hybridized carbons (Fsp3) is 0.167. The standard InChI is InChI=1S/C24H24N2O2/c1-17-13-21(27-3)9-11-23(17)25-15-19-5-7-20(8-6-19)16-26-24-12-10-22(28-4)14-18(24)2/h5-16H,1-4H3. The minimum atomic E-state index is 0.840. The van der Waals surface area contributed by atoms with Gasteiger partial charge in [0.15, 0.2) is 0 Å². The number of hydrogen-bond acceptors (Lipinski definition) is 4. The van der Waals surface area contributed by atoms with Gasteiger partial charge in [-0.25, -0.2) is 0 Å². The second-order valence-electron chi connectivity index (χ2n) is 6.49. The van der Waals surface area contributed by atoms with Crippen LogP contribution in [0.4, 0.5) is 11.4 Å². The molecule has 0 aromatic heterocycles. The van der Waals surface area contributed by atoms with Gasteiger partial charge in [0.2, 0.25) is 0 Å². The molecule has 28 heavy (non-hydrogen) atoms. The van der Waals surface area contributed by atoms with E-state index in [-0.39, 0.29) is 0 Å². The molecule has 3 rings (SSSR count). The first-order valence-corrected chi connectivity index (χ1v) is 9.06. The van der Waals surface area contributed by atoms with Gasteiger partial charge in [-0.15, -0.1) is 0 Å². The smallest absolute Gasteiger partial charge is 0.119 e. The summed E-state index contributed by atoms with van der Waals surface area (Å²) in [6, 6.07) is 19.8. The van der Waals surface area contributed by atoms with Gasteiger partial charge in [-0.1, -0.05) is 24.3 Å². The van der Waals surface area contributed by atoms with Gasteiger partial charge >= 0.3 is 0 Å². The molecule has 4 heteroatoms. The number of aliphatic imine (C=N–C) groups is 2. The van der Waals surface area contributed by atoms with Crippen molar-refractivity contribution in [3.63, 3.8) is 0 Å². The molecular weight excluding hydrogens is 348 g/mol. The second-order valence-corrected chi connectivity index (χ2v) is 6.49. The van der Waals surface area contributed by atoms with Gasteiger partial charge in [0.1, 0.15) is 11.5 Å². The molecule has 0 spiro atoms. The van der Waals surface area contributed by atoms with E-state index in [1.807, 2.05) is 86.9 Å². The minimum Gasteiger partial charge on any atom is -0.497 e. The molecule has 0 radical (unpaired) electrons. The zero-order valence-electron chi connectivity index (χ0n) is 16.6. The number of hydrogen-bond donors (Lipinski definition) is 0. The lowest BCUT2D eigenvalue weighted by Gasteiger charge is -2.04. The van der Waals surface area contributed by atoms with Crippen LogP contribution in [-0.2, 0) is 0 Å². The molecule has 0 saturated heterocycles. The molecule has 4 nitrogen and oxygen atoms in total. The van der Waals surface area contributed by atoms with E-state index in [0.29, 0.717) is 0 Å². The summed E-state index contributed by atoms with van der Waals surface area (Å²) >= 11 is 0. The van der Waals surface area contributed by atoms with Gasteiger partial charge in [-0.3, -0.25) is 9.98 Å². The number of ether oxygens (including phenoxy) is 2. The highest BCUT2D eigenvalue weighted by Gasteiger charge is 2.00. The van der Waals surface area contributed by atoms with Crippen LogP contribution in [0.3, 0.4) is 0 Å². The Morgan fingerprint density at radius 2 is 1.00 bits per heavy atom. The maximum Gasteiger partial charge on any atom is 0.119 e. The minimum absolute atomic E-state index is 0.840. The highest BCUT2D eigenvalue weighted by atomic mass is 16.5. The zero-order chi connectivity index (χ0) is 19.9. The molecule has 0 N–H and O–H groups in total. The first-order chi connectivity index (χ1) is 13.6. The van der Waals surface area contributed by atoms with Crippen molar-refractivity contribution in [2.45, 2.75) is 13.8 Å². The molecule has 0 heterocycles. The quantitative estimate of drug-likeness (QED) is 0.512. The Kier molecular flexibility index (Phi) is 6.22. The number of methoxy groups -OCH3 is 2. The van der Waals surface area contributed by atoms with Crippen LogP contribution in [-0.4, -0.2) is 26.6 Å². The van der Waals surface area contributed by atoms with Gasteiger partial charge in [-0.05, 0) is 72.5 Å². The summed E-state index contributed by atoms with van der Waals surface area (Å²) < 4.78 is 10.5. The summed E-state index contributed by atoms with van der Waals surface area (Å²) in [5.41, 5.74) is 6.09. The summed E-state index contributed by atoms with van der Waals surface area (Å²) in [5, 5.41) is 0. The first-order valence-electron chi connectivity index (χ1n) is 9.06. The van der Waals surface area contributed by atoms with Crippen LogP contribution in [0.25, 0.3) is 0 Å². The van der Waals surface area contributed by atoms with Gasteiger partial charge in [-0.2, -0.15) is 0 Å². The van der Waals surface area contributed by atoms with Crippen LogP contribution in [0.15, 0.2) is 70.6 Å². The Labute approximate surface area is 166 Å². The topological polar surface area (TPSA) is 43.2 Å². The molecule has 3 aromatic rings. The average Bonchev–Trinajstić information content (AvgIpc) is 2.72. The SMILES string of the molecule is COc1ccc(N=Cc2ccc(C=Nc3ccc(OC)cc3C)cc2)c(C)c1. The monoisotopic (exact) mass is 372 g/mol. The Balaban J connectivity index is 1.70. The Bertz CT molecular complexity index is 923. The van der Waals surface area contributed by atoms with Crippen molar-refractivity contribution in [3.8, 4) is 11.5 Å². The van der Waals surface area contributed by atoms with Crippen LogP contribution in [0.5, 0.6) is 11.5 Å². The Morgan fingerprint density at radius 3 is 1.32 bits per heavy atom. The van der Waals surface area contributed by atoms with Crippen molar-refractivity contribution < 1.29 is 9.47 Å². The van der Waals surface area contributed by atoms with Crippen LogP contribution in [0, 0.1) is 13.8 Å². The number of aryl methyl sites for hydroxylation is 2. The molecule has 0 fully saturated rings. The van der Waals surface area contributed by atoms with E-state index in [1.165, 1.54) is 0 Å². The first kappa shape index (κ1) is 19.4. The fourth-order valence-electron chi connectivity index (χ4n) is 2.76. The summed E-state index contributed by atoms with van der Waals surface area (Å²) in [6.45, 7) is 4.05. The van der Waals surface area contributed by atoms with E-state index in [1.54, 1.807) is 14.2 Å². The predicted molar refractivity (Wildman–Crippen MR) is 116 cm³/mol. The molecule has 0 aliphatic carbocycles. The van der Waals surface area contributed by atoms with Crippen molar-refractivity contribution in [1.82, 2.24) is 0 Å². The van der Waals surface area contributed by atoms with Crippen molar-refractivity contribution in [2.75, 3.05) is 14.2 Å². The molecule has 0 unspecified atom stereocenters. The average molecular weight is 372 g/mol. The van der Waals surface area contributed by atoms with Gasteiger partial charge in [0.05, 0.1) is 25.6 Å². The highest BCUT2D eigenvalue weighted by molar-refractivity contribution is 5.86. The van der Waals surface area contributed by atoms with E-state index < -0.39 is 0 Å². The third-order valence-electron chi connectivity index (χ3n) is 4.45. The van der Waals surface area contributed by atoms with E-state index in [4.69, 9.17) is 9.47 Å². The molecule has 0 atom stereocenters. The zero-order valence-corrected chi connectivity index (χ0v) is 16.6. The molecule has 0 amide bonds. The molecule has 3 aromatic carbocycles. The second kappa shape index (κ2) is 9.00. The fourth-order valence-corrected chi connectivity index (χ4v) is 2.76. The third-order valence-corrected chi connectivity index (χ3v) is 4.45. The van der Waals surface area contributed by atoms with Crippen molar-refractivity contribution >= 4 is 23.8 Å². The van der Waals surface area contributed by atoms with Crippen LogP contribution < -0.4 is 9.47 Å². The lowest BCUT2D eigenvalue weighted by Crippen LogP contribution is -1.87. The Hall–Kier alpha value is -3.40. The lowest BCUT2D eigenvalue weighted by molar-refractivity contribution is 0.414. The molecule has 0 saturated carbocycles. The van der Waals surface area contributed by atoms with E-state index >= 15 is 0 Å². The van der Waals surface area contributed by atoms with Crippen molar-refractivity contribution in [1.29, 1.82) is 0 Å². The van der Waals surface area contributed by atoms with Crippen LogP contribution in [0.2, 0.25) is 0 Å². The lowest BCUT2D eigenvalue weighted by atomic mass is 10.1. The Morgan fingerprint density at radius 1 is 0.607 bits per heavy atom. The summed E-state index contributed by atoms with van der Waals surface area (Å²) in [5.74, 6) is 1.68.